The summed E-state index contributed by atoms with van der Waals surface area (Å²) in [6.45, 7) is 8.98. The van der Waals surface area contributed by atoms with E-state index in [2.05, 4.69) is 32.7 Å². The molecule has 2 aromatic rings. The van der Waals surface area contributed by atoms with Gasteiger partial charge in [0.25, 0.3) is 5.56 Å². The van der Waals surface area contributed by atoms with E-state index in [4.69, 9.17) is 4.74 Å². The van der Waals surface area contributed by atoms with E-state index in [9.17, 15) is 14.4 Å². The number of hydrazine groups is 1. The van der Waals surface area contributed by atoms with Crippen LogP contribution in [0.3, 0.4) is 0 Å². The number of aromatic nitrogens is 3. The lowest BCUT2D eigenvalue weighted by Gasteiger charge is -2.13. The van der Waals surface area contributed by atoms with Crippen molar-refractivity contribution in [2.24, 2.45) is 0 Å². The topological polar surface area (TPSA) is 127 Å². The van der Waals surface area contributed by atoms with Gasteiger partial charge < -0.3 is 10.1 Å². The molecule has 2 rings (SSSR count). The standard InChI is InChI=1S/C19H24N6O4/c1-5-8-29-19(28)24-23-17-18(27)25(13(3)9-21-17)11-16(26)20-10-15-7-6-12(2)22-14(15)4/h5-7,9H,1,8,10-11H2,2-4H3,(H,20,26)(H,21,23)(H,24,28). The second-order valence-electron chi connectivity index (χ2n) is 6.25. The molecule has 10 nitrogen and oxygen atoms in total. The van der Waals surface area contributed by atoms with Crippen molar-refractivity contribution in [2.75, 3.05) is 12.0 Å². The van der Waals surface area contributed by atoms with E-state index in [1.54, 1.807) is 6.92 Å². The first-order chi connectivity index (χ1) is 13.8. The van der Waals surface area contributed by atoms with E-state index < -0.39 is 11.7 Å². The Morgan fingerprint density at radius 2 is 2.03 bits per heavy atom. The molecule has 2 aromatic heterocycles. The molecule has 0 saturated heterocycles. The molecule has 154 valence electrons. The van der Waals surface area contributed by atoms with Gasteiger partial charge in [-0.05, 0) is 32.4 Å². The maximum atomic E-state index is 12.6. The summed E-state index contributed by atoms with van der Waals surface area (Å²) in [6.07, 6.45) is 2.03. The van der Waals surface area contributed by atoms with Gasteiger partial charge in [0, 0.05) is 29.8 Å². The minimum atomic E-state index is -0.793. The number of pyridine rings is 1. The molecule has 0 radical (unpaired) electrons. The van der Waals surface area contributed by atoms with Crippen LogP contribution >= 0.6 is 0 Å². The fraction of sp³-hybridized carbons (Fsp3) is 0.316. The maximum Gasteiger partial charge on any atom is 0.426 e. The van der Waals surface area contributed by atoms with Crippen LogP contribution in [0, 0.1) is 20.8 Å². The highest BCUT2D eigenvalue weighted by Gasteiger charge is 2.13. The SMILES string of the molecule is C=CCOC(=O)NNc1ncc(C)n(CC(=O)NCc2ccc(C)nc2C)c1=O. The first-order valence-corrected chi connectivity index (χ1v) is 8.87. The molecule has 0 unspecified atom stereocenters. The normalized spacial score (nSPS) is 10.2. The Balaban J connectivity index is 2.01. The van der Waals surface area contributed by atoms with Gasteiger partial charge in [0.05, 0.1) is 0 Å². The summed E-state index contributed by atoms with van der Waals surface area (Å²) in [5.41, 5.74) is 7.15. The van der Waals surface area contributed by atoms with Crippen LogP contribution in [-0.2, 0) is 22.6 Å². The summed E-state index contributed by atoms with van der Waals surface area (Å²) in [5.74, 6) is -0.483. The third-order valence-corrected chi connectivity index (χ3v) is 3.98. The second kappa shape index (κ2) is 10.0. The van der Waals surface area contributed by atoms with Gasteiger partial charge in [-0.1, -0.05) is 18.7 Å². The zero-order valence-electron chi connectivity index (χ0n) is 16.6. The van der Waals surface area contributed by atoms with Crippen LogP contribution in [0.15, 0.2) is 35.8 Å². The fourth-order valence-corrected chi connectivity index (χ4v) is 2.43. The average molecular weight is 400 g/mol. The van der Waals surface area contributed by atoms with Crippen molar-refractivity contribution in [1.82, 2.24) is 25.3 Å². The number of hydrogen-bond acceptors (Lipinski definition) is 7. The van der Waals surface area contributed by atoms with Gasteiger partial charge in [-0.3, -0.25) is 24.6 Å². The van der Waals surface area contributed by atoms with Crippen LogP contribution in [0.25, 0.3) is 0 Å². The molecule has 2 heterocycles. The average Bonchev–Trinajstić information content (AvgIpc) is 2.68. The van der Waals surface area contributed by atoms with Crippen molar-refractivity contribution in [2.45, 2.75) is 33.9 Å². The predicted molar refractivity (Wildman–Crippen MR) is 107 cm³/mol. The van der Waals surface area contributed by atoms with Crippen LogP contribution in [0.2, 0.25) is 0 Å². The van der Waals surface area contributed by atoms with Gasteiger partial charge in [0.15, 0.2) is 0 Å². The summed E-state index contributed by atoms with van der Waals surface area (Å²) in [6, 6.07) is 3.78. The van der Waals surface area contributed by atoms with Crippen molar-refractivity contribution < 1.29 is 14.3 Å². The number of carbonyl (C=O) groups is 2. The van der Waals surface area contributed by atoms with Crippen LogP contribution in [0.1, 0.15) is 22.6 Å². The van der Waals surface area contributed by atoms with E-state index in [0.29, 0.717) is 12.2 Å². The van der Waals surface area contributed by atoms with Crippen LogP contribution in [0.5, 0.6) is 0 Å². The summed E-state index contributed by atoms with van der Waals surface area (Å²) >= 11 is 0. The molecule has 0 fully saturated rings. The molecule has 2 amide bonds. The van der Waals surface area contributed by atoms with E-state index >= 15 is 0 Å². The number of hydrogen-bond donors (Lipinski definition) is 3. The summed E-state index contributed by atoms with van der Waals surface area (Å²) in [4.78, 5) is 44.6. The Morgan fingerprint density at radius 1 is 1.28 bits per heavy atom. The Hall–Kier alpha value is -3.69. The zero-order valence-corrected chi connectivity index (χ0v) is 16.6. The Kier molecular flexibility index (Phi) is 7.47. The van der Waals surface area contributed by atoms with Gasteiger partial charge in [-0.2, -0.15) is 0 Å². The molecule has 0 spiro atoms. The Bertz CT molecular complexity index is 970. The molecule has 0 aliphatic heterocycles. The van der Waals surface area contributed by atoms with E-state index in [-0.39, 0.29) is 24.9 Å². The molecule has 0 saturated carbocycles. The van der Waals surface area contributed by atoms with E-state index in [0.717, 1.165) is 17.0 Å². The zero-order chi connectivity index (χ0) is 21.4. The number of nitrogens with zero attached hydrogens (tertiary/aromatic N) is 3. The third kappa shape index (κ3) is 6.16. The van der Waals surface area contributed by atoms with Gasteiger partial charge in [-0.25, -0.2) is 15.2 Å². The van der Waals surface area contributed by atoms with Crippen molar-refractivity contribution in [3.63, 3.8) is 0 Å². The van der Waals surface area contributed by atoms with Gasteiger partial charge >= 0.3 is 6.09 Å². The minimum Gasteiger partial charge on any atom is -0.444 e. The van der Waals surface area contributed by atoms with Crippen molar-refractivity contribution >= 4 is 17.8 Å². The maximum absolute atomic E-state index is 12.6. The molecule has 0 aromatic carbocycles. The first kappa shape index (κ1) is 21.6. The highest BCUT2D eigenvalue weighted by atomic mass is 16.6. The number of rotatable bonds is 8. The smallest absolute Gasteiger partial charge is 0.426 e. The van der Waals surface area contributed by atoms with Gasteiger partial charge in [0.2, 0.25) is 11.7 Å². The summed E-state index contributed by atoms with van der Waals surface area (Å²) in [5, 5.41) is 2.78. The largest absolute Gasteiger partial charge is 0.444 e. The molecule has 0 aliphatic rings. The van der Waals surface area contributed by atoms with Gasteiger partial charge in [0.1, 0.15) is 13.2 Å². The van der Waals surface area contributed by atoms with Crippen LogP contribution < -0.4 is 21.7 Å². The Labute approximate surface area is 168 Å². The molecule has 29 heavy (non-hydrogen) atoms. The quantitative estimate of drug-likeness (QED) is 0.447. The lowest BCUT2D eigenvalue weighted by molar-refractivity contribution is -0.121. The molecule has 0 bridgehead atoms. The summed E-state index contributed by atoms with van der Waals surface area (Å²) in [7, 11) is 0. The van der Waals surface area contributed by atoms with Crippen LogP contribution in [0.4, 0.5) is 10.6 Å². The Morgan fingerprint density at radius 3 is 2.72 bits per heavy atom. The molecule has 0 aliphatic carbocycles. The van der Waals surface area contributed by atoms with Crippen molar-refractivity contribution in [3.8, 4) is 0 Å². The number of nitrogens with one attached hydrogen (secondary N) is 3. The van der Waals surface area contributed by atoms with Crippen molar-refractivity contribution in [1.29, 1.82) is 0 Å². The van der Waals surface area contributed by atoms with Crippen LogP contribution in [-0.4, -0.2) is 33.1 Å². The minimum absolute atomic E-state index is 0.0230. The van der Waals surface area contributed by atoms with Gasteiger partial charge in [-0.15, -0.1) is 0 Å². The number of amides is 2. The number of aryl methyl sites for hydroxylation is 3. The first-order valence-electron chi connectivity index (χ1n) is 8.87. The fourth-order valence-electron chi connectivity index (χ4n) is 2.43. The highest BCUT2D eigenvalue weighted by Crippen LogP contribution is 2.06. The number of anilines is 1. The van der Waals surface area contributed by atoms with E-state index in [1.807, 2.05) is 26.0 Å². The monoisotopic (exact) mass is 400 g/mol. The molecule has 0 atom stereocenters. The lowest BCUT2D eigenvalue weighted by atomic mass is 10.2. The van der Waals surface area contributed by atoms with E-state index in [1.165, 1.54) is 16.8 Å². The van der Waals surface area contributed by atoms with Crippen molar-refractivity contribution in [3.05, 3.63) is 64.0 Å². The molecule has 3 N–H and O–H groups in total. The number of carbonyl (C=O) groups excluding carboxylic acids is 2. The highest BCUT2D eigenvalue weighted by molar-refractivity contribution is 5.76. The third-order valence-electron chi connectivity index (χ3n) is 3.98. The second-order valence-corrected chi connectivity index (χ2v) is 6.25. The number of ether oxygens (including phenoxy) is 1. The molecular formula is C19H24N6O4. The molecule has 10 heteroatoms. The lowest BCUT2D eigenvalue weighted by Crippen LogP contribution is -2.38. The predicted octanol–water partition coefficient (Wildman–Crippen LogP) is 1.12. The summed E-state index contributed by atoms with van der Waals surface area (Å²) < 4.78 is 5.98. The molecular weight excluding hydrogens is 376 g/mol.